The van der Waals surface area contributed by atoms with Crippen molar-refractivity contribution in [1.82, 2.24) is 0 Å². The maximum atomic E-state index is 13.4. The first-order valence-electron chi connectivity index (χ1n) is 4.63. The zero-order chi connectivity index (χ0) is 11.5. The molecular formula is C12H9FINO. The minimum atomic E-state index is -0.459. The van der Waals surface area contributed by atoms with Crippen molar-refractivity contribution in [3.8, 4) is 11.5 Å². The Kier molecular flexibility index (Phi) is 3.28. The van der Waals surface area contributed by atoms with Gasteiger partial charge in [-0.2, -0.15) is 0 Å². The Hall–Kier alpha value is -1.30. The van der Waals surface area contributed by atoms with Crippen LogP contribution in [0.25, 0.3) is 0 Å². The fraction of sp³-hybridized carbons (Fsp3) is 0. The Balaban J connectivity index is 2.27. The van der Waals surface area contributed by atoms with Gasteiger partial charge in [-0.25, -0.2) is 4.39 Å². The van der Waals surface area contributed by atoms with Crippen molar-refractivity contribution in [2.24, 2.45) is 0 Å². The van der Waals surface area contributed by atoms with E-state index >= 15 is 0 Å². The van der Waals surface area contributed by atoms with E-state index in [0.29, 0.717) is 11.4 Å². The van der Waals surface area contributed by atoms with E-state index in [0.717, 1.165) is 3.57 Å². The number of halogens is 2. The molecule has 0 aliphatic rings. The largest absolute Gasteiger partial charge is 0.454 e. The van der Waals surface area contributed by atoms with Gasteiger partial charge in [0.2, 0.25) is 0 Å². The molecule has 0 radical (unpaired) electrons. The van der Waals surface area contributed by atoms with Crippen LogP contribution in [0, 0.1) is 9.39 Å². The Labute approximate surface area is 106 Å². The van der Waals surface area contributed by atoms with Crippen molar-refractivity contribution in [3.63, 3.8) is 0 Å². The summed E-state index contributed by atoms with van der Waals surface area (Å²) in [6.45, 7) is 0. The molecule has 82 valence electrons. The molecular weight excluding hydrogens is 320 g/mol. The number of nitrogens with two attached hydrogens (primary N) is 1. The Morgan fingerprint density at radius 3 is 2.62 bits per heavy atom. The van der Waals surface area contributed by atoms with Crippen LogP contribution in [0.3, 0.4) is 0 Å². The average molecular weight is 329 g/mol. The first kappa shape index (κ1) is 11.2. The summed E-state index contributed by atoms with van der Waals surface area (Å²) in [5.41, 5.74) is 5.83. The molecule has 16 heavy (non-hydrogen) atoms. The molecule has 0 amide bonds. The second kappa shape index (κ2) is 4.69. The van der Waals surface area contributed by atoms with Crippen molar-refractivity contribution in [1.29, 1.82) is 0 Å². The molecule has 2 N–H and O–H groups in total. The van der Waals surface area contributed by atoms with Crippen molar-refractivity contribution in [2.45, 2.75) is 0 Å². The van der Waals surface area contributed by atoms with Gasteiger partial charge in [0.25, 0.3) is 0 Å². The topological polar surface area (TPSA) is 35.2 Å². The minimum absolute atomic E-state index is 0.177. The van der Waals surface area contributed by atoms with E-state index in [1.54, 1.807) is 12.1 Å². The van der Waals surface area contributed by atoms with Crippen LogP contribution in [0.5, 0.6) is 11.5 Å². The van der Waals surface area contributed by atoms with E-state index in [4.69, 9.17) is 10.5 Å². The third-order valence-electron chi connectivity index (χ3n) is 1.98. The number of rotatable bonds is 2. The average Bonchev–Trinajstić information content (AvgIpc) is 2.22. The summed E-state index contributed by atoms with van der Waals surface area (Å²) in [5.74, 6) is 0.325. The molecule has 2 aromatic carbocycles. The molecule has 4 heteroatoms. The van der Waals surface area contributed by atoms with Crippen LogP contribution in [-0.2, 0) is 0 Å². The summed E-state index contributed by atoms with van der Waals surface area (Å²) in [6, 6.07) is 11.8. The monoisotopic (exact) mass is 329 g/mol. The summed E-state index contributed by atoms with van der Waals surface area (Å²) < 4.78 is 19.9. The SMILES string of the molecule is Nc1ccc(Oc2cccc(I)c2)c(F)c1. The maximum Gasteiger partial charge on any atom is 0.167 e. The van der Waals surface area contributed by atoms with Crippen molar-refractivity contribution < 1.29 is 9.13 Å². The molecule has 0 saturated carbocycles. The van der Waals surface area contributed by atoms with Crippen LogP contribution in [-0.4, -0.2) is 0 Å². The summed E-state index contributed by atoms with van der Waals surface area (Å²) in [6.07, 6.45) is 0. The first-order valence-corrected chi connectivity index (χ1v) is 5.71. The Bertz CT molecular complexity index is 516. The van der Waals surface area contributed by atoms with E-state index in [9.17, 15) is 4.39 Å². The molecule has 2 rings (SSSR count). The van der Waals surface area contributed by atoms with Gasteiger partial charge in [0.1, 0.15) is 5.75 Å². The van der Waals surface area contributed by atoms with Crippen LogP contribution in [0.2, 0.25) is 0 Å². The molecule has 0 aliphatic heterocycles. The predicted molar refractivity (Wildman–Crippen MR) is 70.0 cm³/mol. The van der Waals surface area contributed by atoms with E-state index in [1.807, 2.05) is 18.2 Å². The fourth-order valence-corrected chi connectivity index (χ4v) is 1.77. The predicted octanol–water partition coefficient (Wildman–Crippen LogP) is 3.80. The summed E-state index contributed by atoms with van der Waals surface area (Å²) >= 11 is 2.17. The highest BCUT2D eigenvalue weighted by Crippen LogP contribution is 2.26. The third-order valence-corrected chi connectivity index (χ3v) is 2.65. The van der Waals surface area contributed by atoms with E-state index < -0.39 is 5.82 Å². The Morgan fingerprint density at radius 2 is 1.94 bits per heavy atom. The van der Waals surface area contributed by atoms with Crippen LogP contribution in [0.4, 0.5) is 10.1 Å². The molecule has 0 atom stereocenters. The van der Waals surface area contributed by atoms with E-state index in [-0.39, 0.29) is 5.75 Å². The first-order chi connectivity index (χ1) is 7.65. The molecule has 0 heterocycles. The number of hydrogen-bond acceptors (Lipinski definition) is 2. The minimum Gasteiger partial charge on any atom is -0.454 e. The summed E-state index contributed by atoms with van der Waals surface area (Å²) in [5, 5.41) is 0. The molecule has 0 aliphatic carbocycles. The number of nitrogen functional groups attached to an aromatic ring is 1. The highest BCUT2D eigenvalue weighted by molar-refractivity contribution is 14.1. The second-order valence-electron chi connectivity index (χ2n) is 3.25. The molecule has 0 aromatic heterocycles. The van der Waals surface area contributed by atoms with Crippen LogP contribution >= 0.6 is 22.6 Å². The summed E-state index contributed by atoms with van der Waals surface area (Å²) in [7, 11) is 0. The van der Waals surface area contributed by atoms with Gasteiger partial charge in [-0.3, -0.25) is 0 Å². The number of hydrogen-bond donors (Lipinski definition) is 1. The van der Waals surface area contributed by atoms with Gasteiger partial charge in [0, 0.05) is 15.3 Å². The van der Waals surface area contributed by atoms with Crippen LogP contribution in [0.15, 0.2) is 42.5 Å². The van der Waals surface area contributed by atoms with Crippen molar-refractivity contribution in [3.05, 3.63) is 51.9 Å². The molecule has 0 bridgehead atoms. The quantitative estimate of drug-likeness (QED) is 0.672. The van der Waals surface area contributed by atoms with Gasteiger partial charge in [-0.1, -0.05) is 6.07 Å². The Morgan fingerprint density at radius 1 is 1.12 bits per heavy atom. The van der Waals surface area contributed by atoms with E-state index in [1.165, 1.54) is 12.1 Å². The standard InChI is InChI=1S/C12H9FINO/c13-11-7-9(15)4-5-12(11)16-10-3-1-2-8(14)6-10/h1-7H,15H2. The highest BCUT2D eigenvalue weighted by Gasteiger charge is 2.04. The number of benzene rings is 2. The van der Waals surface area contributed by atoms with Crippen molar-refractivity contribution in [2.75, 3.05) is 5.73 Å². The van der Waals surface area contributed by atoms with Gasteiger partial charge in [0.05, 0.1) is 0 Å². The zero-order valence-corrected chi connectivity index (χ0v) is 10.4. The molecule has 0 unspecified atom stereocenters. The lowest BCUT2D eigenvalue weighted by atomic mass is 10.3. The lowest BCUT2D eigenvalue weighted by molar-refractivity contribution is 0.442. The van der Waals surface area contributed by atoms with Gasteiger partial charge in [-0.05, 0) is 52.9 Å². The highest BCUT2D eigenvalue weighted by atomic mass is 127. The van der Waals surface area contributed by atoms with E-state index in [2.05, 4.69) is 22.6 Å². The molecule has 2 aromatic rings. The fourth-order valence-electron chi connectivity index (χ4n) is 1.26. The number of ether oxygens (including phenoxy) is 1. The van der Waals surface area contributed by atoms with Gasteiger partial charge < -0.3 is 10.5 Å². The summed E-state index contributed by atoms with van der Waals surface area (Å²) in [4.78, 5) is 0. The zero-order valence-electron chi connectivity index (χ0n) is 8.28. The molecule has 0 saturated heterocycles. The normalized spacial score (nSPS) is 10.1. The molecule has 0 spiro atoms. The third kappa shape index (κ3) is 2.63. The smallest absolute Gasteiger partial charge is 0.167 e. The molecule has 2 nitrogen and oxygen atoms in total. The van der Waals surface area contributed by atoms with Crippen LogP contribution in [0.1, 0.15) is 0 Å². The lowest BCUT2D eigenvalue weighted by Gasteiger charge is -2.07. The van der Waals surface area contributed by atoms with Crippen LogP contribution < -0.4 is 10.5 Å². The second-order valence-corrected chi connectivity index (χ2v) is 4.49. The number of anilines is 1. The maximum absolute atomic E-state index is 13.4. The van der Waals surface area contributed by atoms with Gasteiger partial charge in [0.15, 0.2) is 11.6 Å². The lowest BCUT2D eigenvalue weighted by Crippen LogP contribution is -1.91. The van der Waals surface area contributed by atoms with Gasteiger partial charge in [-0.15, -0.1) is 0 Å². The van der Waals surface area contributed by atoms with Crippen molar-refractivity contribution >= 4 is 28.3 Å². The van der Waals surface area contributed by atoms with Gasteiger partial charge >= 0.3 is 0 Å². The molecule has 0 fully saturated rings.